The second-order valence-electron chi connectivity index (χ2n) is 3.10. The van der Waals surface area contributed by atoms with Crippen LogP contribution in [0.2, 0.25) is 0 Å². The number of nitrogen functional groups attached to an aromatic ring is 1. The Morgan fingerprint density at radius 1 is 1.47 bits per heavy atom. The topological polar surface area (TPSA) is 88.7 Å². The van der Waals surface area contributed by atoms with E-state index in [1.165, 1.54) is 6.20 Å². The second kappa shape index (κ2) is 3.42. The van der Waals surface area contributed by atoms with Crippen LogP contribution in [0, 0.1) is 18.3 Å². The quantitative estimate of drug-likeness (QED) is 0.753. The van der Waals surface area contributed by atoms with Crippen molar-refractivity contribution in [2.45, 2.75) is 6.92 Å². The zero-order chi connectivity index (χ0) is 10.8. The summed E-state index contributed by atoms with van der Waals surface area (Å²) in [6, 6.07) is 5.36. The molecule has 2 aromatic rings. The monoisotopic (exact) mass is 200 g/mol. The van der Waals surface area contributed by atoms with Crippen molar-refractivity contribution in [2.24, 2.45) is 0 Å². The van der Waals surface area contributed by atoms with E-state index < -0.39 is 0 Å². The predicted octanol–water partition coefficient (Wildman–Crippen LogP) is 1.50. The van der Waals surface area contributed by atoms with Gasteiger partial charge in [-0.25, -0.2) is 4.98 Å². The third-order valence-corrected chi connectivity index (χ3v) is 1.94. The van der Waals surface area contributed by atoms with Gasteiger partial charge >= 0.3 is 0 Å². The Labute approximate surface area is 86.1 Å². The van der Waals surface area contributed by atoms with Crippen molar-refractivity contribution < 1.29 is 4.52 Å². The summed E-state index contributed by atoms with van der Waals surface area (Å²) in [5.74, 6) is 0.847. The number of aryl methyl sites for hydroxylation is 1. The first kappa shape index (κ1) is 9.21. The van der Waals surface area contributed by atoms with E-state index in [1.807, 2.05) is 13.0 Å². The van der Waals surface area contributed by atoms with Crippen molar-refractivity contribution >= 4 is 5.82 Å². The Bertz CT molecular complexity index is 539. The number of hydrogen-bond donors (Lipinski definition) is 1. The van der Waals surface area contributed by atoms with Crippen LogP contribution in [0.15, 0.2) is 22.9 Å². The number of anilines is 1. The number of rotatable bonds is 1. The number of nitrogens with two attached hydrogens (primary N) is 1. The number of nitrogens with zero attached hydrogens (tertiary/aromatic N) is 3. The molecular weight excluding hydrogens is 192 g/mol. The lowest BCUT2D eigenvalue weighted by molar-refractivity contribution is 0.427. The lowest BCUT2D eigenvalue weighted by atomic mass is 10.1. The van der Waals surface area contributed by atoms with Crippen LogP contribution in [0.25, 0.3) is 11.3 Å². The van der Waals surface area contributed by atoms with Crippen LogP contribution in [0.5, 0.6) is 0 Å². The lowest BCUT2D eigenvalue weighted by Crippen LogP contribution is -1.94. The van der Waals surface area contributed by atoms with E-state index >= 15 is 0 Å². The zero-order valence-electron chi connectivity index (χ0n) is 8.06. The normalized spacial score (nSPS) is 9.87. The van der Waals surface area contributed by atoms with Crippen LogP contribution in [0.1, 0.15) is 11.3 Å². The van der Waals surface area contributed by atoms with Gasteiger partial charge in [0, 0.05) is 12.3 Å². The highest BCUT2D eigenvalue weighted by molar-refractivity contribution is 5.70. The number of aromatic nitrogens is 2. The molecule has 0 aliphatic rings. The summed E-state index contributed by atoms with van der Waals surface area (Å²) < 4.78 is 5.05. The van der Waals surface area contributed by atoms with E-state index in [-0.39, 0.29) is 0 Å². The van der Waals surface area contributed by atoms with Gasteiger partial charge in [-0.1, -0.05) is 5.16 Å². The third kappa shape index (κ3) is 1.65. The van der Waals surface area contributed by atoms with E-state index in [2.05, 4.69) is 10.1 Å². The second-order valence-corrected chi connectivity index (χ2v) is 3.10. The molecule has 15 heavy (non-hydrogen) atoms. The van der Waals surface area contributed by atoms with Crippen LogP contribution in [0.3, 0.4) is 0 Å². The summed E-state index contributed by atoms with van der Waals surface area (Å²) >= 11 is 0. The largest absolute Gasteiger partial charge is 0.383 e. The first-order valence-electron chi connectivity index (χ1n) is 4.30. The van der Waals surface area contributed by atoms with Crippen LogP contribution in [0.4, 0.5) is 5.82 Å². The van der Waals surface area contributed by atoms with Crippen LogP contribution < -0.4 is 5.73 Å². The van der Waals surface area contributed by atoms with Crippen molar-refractivity contribution in [3.8, 4) is 17.4 Å². The first-order valence-corrected chi connectivity index (χ1v) is 4.30. The van der Waals surface area contributed by atoms with Gasteiger partial charge < -0.3 is 10.3 Å². The average molecular weight is 200 g/mol. The molecule has 0 saturated carbocycles. The molecule has 2 N–H and O–H groups in total. The highest BCUT2D eigenvalue weighted by atomic mass is 16.5. The summed E-state index contributed by atoms with van der Waals surface area (Å²) in [5.41, 5.74) is 7.46. The summed E-state index contributed by atoms with van der Waals surface area (Å²) in [6.07, 6.45) is 1.42. The molecule has 5 heteroatoms. The van der Waals surface area contributed by atoms with E-state index in [0.29, 0.717) is 22.7 Å². The Balaban J connectivity index is 2.57. The molecule has 0 saturated heterocycles. The molecular formula is C10H8N4O. The summed E-state index contributed by atoms with van der Waals surface area (Å²) in [4.78, 5) is 3.90. The highest BCUT2D eigenvalue weighted by Crippen LogP contribution is 2.25. The van der Waals surface area contributed by atoms with E-state index in [0.717, 1.165) is 5.69 Å². The molecule has 0 aliphatic carbocycles. The Morgan fingerprint density at radius 3 is 2.87 bits per heavy atom. The first-order chi connectivity index (χ1) is 7.20. The molecule has 0 aromatic carbocycles. The van der Waals surface area contributed by atoms with Crippen molar-refractivity contribution in [1.29, 1.82) is 5.26 Å². The minimum Gasteiger partial charge on any atom is -0.383 e. The van der Waals surface area contributed by atoms with Gasteiger partial charge in [0.1, 0.15) is 11.9 Å². The van der Waals surface area contributed by atoms with Gasteiger partial charge in [-0.3, -0.25) is 0 Å². The minimum atomic E-state index is 0.324. The Hall–Kier alpha value is -2.35. The molecule has 0 radical (unpaired) electrons. The van der Waals surface area contributed by atoms with Crippen LogP contribution in [-0.2, 0) is 0 Å². The molecule has 0 spiro atoms. The standard InChI is InChI=1S/C10H8N4O/c1-6-2-9(15-14-6)8-3-7(4-11)5-13-10(8)12/h2-3,5H,1H3,(H2,12,13). The van der Waals surface area contributed by atoms with Gasteiger partial charge in [0.05, 0.1) is 16.8 Å². The predicted molar refractivity (Wildman–Crippen MR) is 53.6 cm³/mol. The van der Waals surface area contributed by atoms with E-state index in [9.17, 15) is 0 Å². The number of pyridine rings is 1. The summed E-state index contributed by atoms with van der Waals surface area (Å²) in [5, 5.41) is 12.5. The molecule has 5 nitrogen and oxygen atoms in total. The molecule has 0 unspecified atom stereocenters. The molecule has 2 rings (SSSR count). The van der Waals surface area contributed by atoms with Gasteiger partial charge in [0.25, 0.3) is 0 Å². The molecule has 0 amide bonds. The maximum Gasteiger partial charge on any atom is 0.170 e. The van der Waals surface area contributed by atoms with E-state index in [4.69, 9.17) is 15.5 Å². The average Bonchev–Trinajstić information content (AvgIpc) is 2.65. The fourth-order valence-corrected chi connectivity index (χ4v) is 1.22. The molecule has 2 heterocycles. The lowest BCUT2D eigenvalue weighted by Gasteiger charge is -1.99. The van der Waals surface area contributed by atoms with E-state index in [1.54, 1.807) is 12.1 Å². The zero-order valence-corrected chi connectivity index (χ0v) is 8.06. The molecule has 74 valence electrons. The maximum absolute atomic E-state index is 8.73. The smallest absolute Gasteiger partial charge is 0.170 e. The fraction of sp³-hybridized carbons (Fsp3) is 0.100. The Morgan fingerprint density at radius 2 is 2.27 bits per heavy atom. The molecule has 2 aromatic heterocycles. The van der Waals surface area contributed by atoms with Crippen LogP contribution in [-0.4, -0.2) is 10.1 Å². The Kier molecular flexibility index (Phi) is 2.10. The number of hydrogen-bond acceptors (Lipinski definition) is 5. The van der Waals surface area contributed by atoms with Gasteiger partial charge in [0.15, 0.2) is 5.76 Å². The van der Waals surface area contributed by atoms with Crippen LogP contribution >= 0.6 is 0 Å². The number of nitriles is 1. The fourth-order valence-electron chi connectivity index (χ4n) is 1.22. The minimum absolute atomic E-state index is 0.324. The SMILES string of the molecule is Cc1cc(-c2cc(C#N)cnc2N)on1. The highest BCUT2D eigenvalue weighted by Gasteiger charge is 2.10. The summed E-state index contributed by atoms with van der Waals surface area (Å²) in [7, 11) is 0. The van der Waals surface area contributed by atoms with Crippen molar-refractivity contribution in [3.63, 3.8) is 0 Å². The van der Waals surface area contributed by atoms with Crippen molar-refractivity contribution in [1.82, 2.24) is 10.1 Å². The molecule has 0 fully saturated rings. The van der Waals surface area contributed by atoms with Gasteiger partial charge in [0.2, 0.25) is 0 Å². The van der Waals surface area contributed by atoms with Gasteiger partial charge in [-0.2, -0.15) is 5.26 Å². The maximum atomic E-state index is 8.73. The molecule has 0 bridgehead atoms. The molecule has 0 aliphatic heterocycles. The molecule has 0 atom stereocenters. The van der Waals surface area contributed by atoms with Gasteiger partial charge in [-0.05, 0) is 13.0 Å². The van der Waals surface area contributed by atoms with Crippen molar-refractivity contribution in [2.75, 3.05) is 5.73 Å². The van der Waals surface area contributed by atoms with Gasteiger partial charge in [-0.15, -0.1) is 0 Å². The van der Waals surface area contributed by atoms with Crippen molar-refractivity contribution in [3.05, 3.63) is 29.6 Å². The summed E-state index contributed by atoms with van der Waals surface area (Å²) in [6.45, 7) is 1.81. The third-order valence-electron chi connectivity index (χ3n) is 1.94.